The molecule has 3 nitrogen and oxygen atoms in total. The minimum absolute atomic E-state index is 0.174. The molecule has 0 aliphatic carbocycles. The van der Waals surface area contributed by atoms with E-state index in [2.05, 4.69) is 16.0 Å². The second-order valence-electron chi connectivity index (χ2n) is 3.77. The number of hydrogen-bond donors (Lipinski definition) is 0. The highest BCUT2D eigenvalue weighted by Crippen LogP contribution is 2.24. The molecule has 1 aromatic heterocycles. The SMILES string of the molecule is Clc1nccc(Oc2ccc3ccccc3c2)n1. The average Bonchev–Trinajstić information content (AvgIpc) is 2.39. The molecule has 0 atom stereocenters. The summed E-state index contributed by atoms with van der Waals surface area (Å²) in [7, 11) is 0. The molecular formula is C14H9ClN2O. The van der Waals surface area contributed by atoms with Crippen LogP contribution in [0.2, 0.25) is 5.28 Å². The zero-order valence-corrected chi connectivity index (χ0v) is 10.1. The number of nitrogens with zero attached hydrogens (tertiary/aromatic N) is 2. The van der Waals surface area contributed by atoms with Gasteiger partial charge >= 0.3 is 0 Å². The van der Waals surface area contributed by atoms with Crippen LogP contribution >= 0.6 is 11.6 Å². The van der Waals surface area contributed by atoms with Crippen LogP contribution in [0.5, 0.6) is 11.6 Å². The molecule has 0 spiro atoms. The normalized spacial score (nSPS) is 10.5. The van der Waals surface area contributed by atoms with Gasteiger partial charge in [0.25, 0.3) is 0 Å². The summed E-state index contributed by atoms with van der Waals surface area (Å²) >= 11 is 5.70. The van der Waals surface area contributed by atoms with E-state index in [0.717, 1.165) is 11.1 Å². The zero-order valence-electron chi connectivity index (χ0n) is 9.38. The van der Waals surface area contributed by atoms with Crippen molar-refractivity contribution in [1.29, 1.82) is 0 Å². The van der Waals surface area contributed by atoms with Crippen molar-refractivity contribution in [2.45, 2.75) is 0 Å². The number of halogens is 1. The van der Waals surface area contributed by atoms with Crippen LogP contribution in [-0.4, -0.2) is 9.97 Å². The van der Waals surface area contributed by atoms with Crippen LogP contribution in [-0.2, 0) is 0 Å². The number of hydrogen-bond acceptors (Lipinski definition) is 3. The second kappa shape index (κ2) is 4.63. The van der Waals surface area contributed by atoms with Gasteiger partial charge in [0.1, 0.15) is 5.75 Å². The minimum atomic E-state index is 0.174. The number of aromatic nitrogens is 2. The van der Waals surface area contributed by atoms with Gasteiger partial charge in [-0.15, -0.1) is 0 Å². The Morgan fingerprint density at radius 1 is 0.944 bits per heavy atom. The van der Waals surface area contributed by atoms with E-state index in [1.807, 2.05) is 36.4 Å². The summed E-state index contributed by atoms with van der Waals surface area (Å²) in [5, 5.41) is 2.47. The van der Waals surface area contributed by atoms with Gasteiger partial charge in [0.15, 0.2) is 0 Å². The highest BCUT2D eigenvalue weighted by atomic mass is 35.5. The number of benzene rings is 2. The maximum absolute atomic E-state index is 5.70. The van der Waals surface area contributed by atoms with Crippen molar-refractivity contribution in [3.63, 3.8) is 0 Å². The maximum Gasteiger partial charge on any atom is 0.225 e. The van der Waals surface area contributed by atoms with Gasteiger partial charge in [0.2, 0.25) is 11.2 Å². The molecule has 3 rings (SSSR count). The van der Waals surface area contributed by atoms with Gasteiger partial charge < -0.3 is 4.74 Å². The van der Waals surface area contributed by atoms with E-state index >= 15 is 0 Å². The van der Waals surface area contributed by atoms with Crippen LogP contribution in [0.1, 0.15) is 0 Å². The molecule has 0 saturated heterocycles. The van der Waals surface area contributed by atoms with Crippen molar-refractivity contribution in [1.82, 2.24) is 9.97 Å². The van der Waals surface area contributed by atoms with Crippen molar-refractivity contribution < 1.29 is 4.74 Å². The summed E-state index contributed by atoms with van der Waals surface area (Å²) in [6.45, 7) is 0. The second-order valence-corrected chi connectivity index (χ2v) is 4.11. The standard InChI is InChI=1S/C14H9ClN2O/c15-14-16-8-7-13(17-14)18-12-6-5-10-3-1-2-4-11(10)9-12/h1-9H. The van der Waals surface area contributed by atoms with Gasteiger partial charge in [-0.1, -0.05) is 30.3 Å². The summed E-state index contributed by atoms with van der Waals surface area (Å²) in [5.74, 6) is 1.16. The topological polar surface area (TPSA) is 35.0 Å². The van der Waals surface area contributed by atoms with Crippen LogP contribution in [0.25, 0.3) is 10.8 Å². The maximum atomic E-state index is 5.70. The van der Waals surface area contributed by atoms with E-state index in [0.29, 0.717) is 5.88 Å². The molecule has 0 fully saturated rings. The minimum Gasteiger partial charge on any atom is -0.439 e. The average molecular weight is 257 g/mol. The monoisotopic (exact) mass is 256 g/mol. The van der Waals surface area contributed by atoms with Crippen LogP contribution in [0, 0.1) is 0 Å². The molecule has 88 valence electrons. The van der Waals surface area contributed by atoms with Crippen LogP contribution in [0.4, 0.5) is 0 Å². The lowest BCUT2D eigenvalue weighted by molar-refractivity contribution is 0.462. The molecule has 1 heterocycles. The van der Waals surface area contributed by atoms with Crippen molar-refractivity contribution in [2.24, 2.45) is 0 Å². The third-order valence-electron chi connectivity index (χ3n) is 2.54. The van der Waals surface area contributed by atoms with E-state index in [9.17, 15) is 0 Å². The van der Waals surface area contributed by atoms with Gasteiger partial charge in [0.05, 0.1) is 0 Å². The Hall–Kier alpha value is -2.13. The first-order chi connectivity index (χ1) is 8.81. The Kier molecular flexibility index (Phi) is 2.82. The molecule has 0 N–H and O–H groups in total. The summed E-state index contributed by atoms with van der Waals surface area (Å²) in [6, 6.07) is 15.6. The molecule has 0 amide bonds. The molecule has 0 radical (unpaired) electrons. The fourth-order valence-electron chi connectivity index (χ4n) is 1.73. The summed E-state index contributed by atoms with van der Waals surface area (Å²) in [4.78, 5) is 7.79. The molecule has 4 heteroatoms. The van der Waals surface area contributed by atoms with Crippen LogP contribution in [0.15, 0.2) is 54.7 Å². The lowest BCUT2D eigenvalue weighted by Gasteiger charge is -2.05. The van der Waals surface area contributed by atoms with Gasteiger partial charge in [0, 0.05) is 12.3 Å². The molecule has 0 aliphatic rings. The number of ether oxygens (including phenoxy) is 1. The van der Waals surface area contributed by atoms with Crippen molar-refractivity contribution in [2.75, 3.05) is 0 Å². The molecule has 3 aromatic rings. The molecule has 0 saturated carbocycles. The fraction of sp³-hybridized carbons (Fsp3) is 0. The predicted octanol–water partition coefficient (Wildman–Crippen LogP) is 4.08. The van der Waals surface area contributed by atoms with Gasteiger partial charge in [-0.05, 0) is 34.5 Å². The third kappa shape index (κ3) is 2.26. The van der Waals surface area contributed by atoms with E-state index in [1.54, 1.807) is 12.3 Å². The Balaban J connectivity index is 1.95. The number of fused-ring (bicyclic) bond motifs is 1. The molecule has 2 aromatic carbocycles. The largest absolute Gasteiger partial charge is 0.439 e. The first-order valence-electron chi connectivity index (χ1n) is 5.46. The van der Waals surface area contributed by atoms with Crippen molar-refractivity contribution in [3.8, 4) is 11.6 Å². The van der Waals surface area contributed by atoms with Crippen LogP contribution in [0.3, 0.4) is 0 Å². The molecular weight excluding hydrogens is 248 g/mol. The Labute approximate surface area is 109 Å². The fourth-order valence-corrected chi connectivity index (χ4v) is 1.87. The quantitative estimate of drug-likeness (QED) is 0.648. The van der Waals surface area contributed by atoms with E-state index in [4.69, 9.17) is 16.3 Å². The molecule has 18 heavy (non-hydrogen) atoms. The first-order valence-corrected chi connectivity index (χ1v) is 5.84. The summed E-state index contributed by atoms with van der Waals surface area (Å²) in [5.41, 5.74) is 0. The zero-order chi connectivity index (χ0) is 12.4. The summed E-state index contributed by atoms with van der Waals surface area (Å²) < 4.78 is 5.63. The molecule has 0 aliphatic heterocycles. The van der Waals surface area contributed by atoms with E-state index < -0.39 is 0 Å². The van der Waals surface area contributed by atoms with Gasteiger partial charge in [-0.3, -0.25) is 0 Å². The lowest BCUT2D eigenvalue weighted by atomic mass is 10.1. The van der Waals surface area contributed by atoms with Crippen molar-refractivity contribution >= 4 is 22.4 Å². The lowest BCUT2D eigenvalue weighted by Crippen LogP contribution is -1.89. The van der Waals surface area contributed by atoms with E-state index in [1.165, 1.54) is 5.39 Å². The highest BCUT2D eigenvalue weighted by molar-refractivity contribution is 6.28. The first kappa shape index (κ1) is 11.0. The third-order valence-corrected chi connectivity index (χ3v) is 2.73. The highest BCUT2D eigenvalue weighted by Gasteiger charge is 2.01. The Morgan fingerprint density at radius 2 is 1.78 bits per heavy atom. The Morgan fingerprint density at radius 3 is 2.61 bits per heavy atom. The van der Waals surface area contributed by atoms with Crippen LogP contribution < -0.4 is 4.74 Å². The van der Waals surface area contributed by atoms with E-state index in [-0.39, 0.29) is 5.28 Å². The summed E-state index contributed by atoms with van der Waals surface area (Å²) in [6.07, 6.45) is 1.56. The van der Waals surface area contributed by atoms with Crippen molar-refractivity contribution in [3.05, 3.63) is 60.0 Å². The molecule has 0 unspecified atom stereocenters. The Bertz CT molecular complexity index is 700. The number of rotatable bonds is 2. The predicted molar refractivity (Wildman–Crippen MR) is 71.1 cm³/mol. The smallest absolute Gasteiger partial charge is 0.225 e. The van der Waals surface area contributed by atoms with Gasteiger partial charge in [-0.2, -0.15) is 4.98 Å². The molecule has 0 bridgehead atoms. The van der Waals surface area contributed by atoms with Gasteiger partial charge in [-0.25, -0.2) is 4.98 Å².